The molecule has 2 aromatic heterocycles. The van der Waals surface area contributed by atoms with Crippen LogP contribution in [0.15, 0.2) is 23.7 Å². The van der Waals surface area contributed by atoms with Crippen LogP contribution in [0.25, 0.3) is 0 Å². The van der Waals surface area contributed by atoms with Crippen LogP contribution in [0.4, 0.5) is 5.82 Å². The van der Waals surface area contributed by atoms with Gasteiger partial charge in [-0.1, -0.05) is 19.9 Å². The Labute approximate surface area is 116 Å². The molecule has 1 atom stereocenters. The Hall–Kier alpha value is -1.62. The molecule has 3 rings (SSSR count). The molecule has 19 heavy (non-hydrogen) atoms. The molecule has 0 unspecified atom stereocenters. The van der Waals surface area contributed by atoms with Crippen LogP contribution in [0, 0.1) is 5.92 Å². The minimum atomic E-state index is 0.0964. The van der Waals surface area contributed by atoms with Gasteiger partial charge in [0.1, 0.15) is 5.82 Å². The first-order valence-corrected chi connectivity index (χ1v) is 7.41. The molecule has 0 bridgehead atoms. The highest BCUT2D eigenvalue weighted by atomic mass is 32.1. The lowest BCUT2D eigenvalue weighted by molar-refractivity contribution is -0.117. The average Bonchev–Trinajstić information content (AvgIpc) is 2.99. The second-order valence-electron chi connectivity index (χ2n) is 5.29. The third-order valence-corrected chi connectivity index (χ3v) is 4.48. The van der Waals surface area contributed by atoms with Crippen LogP contribution in [-0.4, -0.2) is 15.7 Å². The van der Waals surface area contributed by atoms with Crippen LogP contribution in [0.1, 0.15) is 36.6 Å². The van der Waals surface area contributed by atoms with Crippen LogP contribution in [-0.2, 0) is 11.3 Å². The zero-order chi connectivity index (χ0) is 13.4. The topological polar surface area (TPSA) is 46.9 Å². The van der Waals surface area contributed by atoms with Gasteiger partial charge in [0.15, 0.2) is 0 Å². The first kappa shape index (κ1) is 12.4. The van der Waals surface area contributed by atoms with Crippen molar-refractivity contribution in [3.8, 4) is 0 Å². The number of thiophene rings is 1. The van der Waals surface area contributed by atoms with Gasteiger partial charge in [-0.15, -0.1) is 11.3 Å². The van der Waals surface area contributed by atoms with Crippen molar-refractivity contribution in [3.63, 3.8) is 0 Å². The van der Waals surface area contributed by atoms with E-state index in [1.807, 2.05) is 16.9 Å². The van der Waals surface area contributed by atoms with E-state index >= 15 is 0 Å². The summed E-state index contributed by atoms with van der Waals surface area (Å²) in [6.07, 6.45) is 2.47. The van der Waals surface area contributed by atoms with Crippen molar-refractivity contribution in [1.82, 2.24) is 9.78 Å². The molecule has 1 N–H and O–H groups in total. The molecule has 0 aliphatic carbocycles. The number of rotatable bonds is 3. The average molecular weight is 275 g/mol. The zero-order valence-electron chi connectivity index (χ0n) is 11.1. The van der Waals surface area contributed by atoms with E-state index in [9.17, 15) is 4.79 Å². The van der Waals surface area contributed by atoms with Gasteiger partial charge in [-0.2, -0.15) is 5.10 Å². The zero-order valence-corrected chi connectivity index (χ0v) is 11.9. The van der Waals surface area contributed by atoms with Gasteiger partial charge in [0, 0.05) is 22.8 Å². The number of anilines is 1. The number of aromatic nitrogens is 2. The SMILES string of the molecule is CC(C)[C@@H]1CC(=O)Nc2c1cnn2Cc1cccs1. The van der Waals surface area contributed by atoms with Crippen molar-refractivity contribution in [3.05, 3.63) is 34.2 Å². The van der Waals surface area contributed by atoms with Gasteiger partial charge < -0.3 is 5.32 Å². The highest BCUT2D eigenvalue weighted by molar-refractivity contribution is 7.09. The van der Waals surface area contributed by atoms with Crippen LogP contribution in [0.3, 0.4) is 0 Å². The second kappa shape index (κ2) is 4.81. The highest BCUT2D eigenvalue weighted by Gasteiger charge is 2.30. The van der Waals surface area contributed by atoms with Crippen molar-refractivity contribution in [2.75, 3.05) is 5.32 Å². The summed E-state index contributed by atoms with van der Waals surface area (Å²) in [6.45, 7) is 5.03. The van der Waals surface area contributed by atoms with Gasteiger partial charge in [-0.05, 0) is 17.4 Å². The summed E-state index contributed by atoms with van der Waals surface area (Å²) >= 11 is 1.71. The van der Waals surface area contributed by atoms with Crippen molar-refractivity contribution >= 4 is 23.1 Å². The van der Waals surface area contributed by atoms with Gasteiger partial charge in [0.25, 0.3) is 0 Å². The van der Waals surface area contributed by atoms with E-state index in [4.69, 9.17) is 0 Å². The smallest absolute Gasteiger partial charge is 0.226 e. The monoisotopic (exact) mass is 275 g/mol. The van der Waals surface area contributed by atoms with Crippen LogP contribution in [0.2, 0.25) is 0 Å². The highest BCUT2D eigenvalue weighted by Crippen LogP contribution is 2.37. The Kier molecular flexibility index (Phi) is 3.14. The fourth-order valence-electron chi connectivity index (χ4n) is 2.57. The molecule has 2 aromatic rings. The predicted octanol–water partition coefficient (Wildman–Crippen LogP) is 3.07. The Morgan fingerprint density at radius 1 is 1.58 bits per heavy atom. The largest absolute Gasteiger partial charge is 0.311 e. The summed E-state index contributed by atoms with van der Waals surface area (Å²) in [4.78, 5) is 13.1. The molecule has 0 fully saturated rings. The fourth-order valence-corrected chi connectivity index (χ4v) is 3.25. The molecular formula is C14H17N3OS. The molecular weight excluding hydrogens is 258 g/mol. The van der Waals surface area contributed by atoms with Crippen molar-refractivity contribution < 1.29 is 4.79 Å². The number of carbonyl (C=O) groups is 1. The molecule has 4 nitrogen and oxygen atoms in total. The number of hydrogen-bond acceptors (Lipinski definition) is 3. The number of amides is 1. The molecule has 3 heterocycles. The molecule has 100 valence electrons. The van der Waals surface area contributed by atoms with Gasteiger partial charge in [0.05, 0.1) is 12.7 Å². The maximum absolute atomic E-state index is 11.8. The first-order chi connectivity index (χ1) is 9.15. The van der Waals surface area contributed by atoms with Crippen molar-refractivity contribution in [2.45, 2.75) is 32.7 Å². The van der Waals surface area contributed by atoms with E-state index in [0.717, 1.165) is 12.4 Å². The summed E-state index contributed by atoms with van der Waals surface area (Å²) in [6, 6.07) is 4.12. The molecule has 0 saturated carbocycles. The molecule has 0 radical (unpaired) electrons. The Balaban J connectivity index is 1.95. The fraction of sp³-hybridized carbons (Fsp3) is 0.429. The third kappa shape index (κ3) is 2.30. The standard InChI is InChI=1S/C14H17N3OS/c1-9(2)11-6-13(18)16-14-12(11)7-15-17(14)8-10-4-3-5-19-10/h3-5,7,9,11H,6,8H2,1-2H3,(H,16,18)/t11-/m0/s1. The first-order valence-electron chi connectivity index (χ1n) is 6.53. The van der Waals surface area contributed by atoms with Crippen LogP contribution >= 0.6 is 11.3 Å². The Bertz CT molecular complexity index is 586. The van der Waals surface area contributed by atoms with Crippen molar-refractivity contribution in [1.29, 1.82) is 0 Å². The summed E-state index contributed by atoms with van der Waals surface area (Å²) < 4.78 is 1.90. The molecule has 5 heteroatoms. The van der Waals surface area contributed by atoms with Crippen LogP contribution < -0.4 is 5.32 Å². The lowest BCUT2D eigenvalue weighted by Gasteiger charge is -2.26. The van der Waals surface area contributed by atoms with E-state index < -0.39 is 0 Å². The second-order valence-corrected chi connectivity index (χ2v) is 6.32. The van der Waals surface area contributed by atoms with Gasteiger partial charge in [-0.25, -0.2) is 4.68 Å². The van der Waals surface area contributed by atoms with E-state index in [1.165, 1.54) is 10.4 Å². The third-order valence-electron chi connectivity index (χ3n) is 3.62. The summed E-state index contributed by atoms with van der Waals surface area (Å²) in [5, 5.41) is 9.48. The van der Waals surface area contributed by atoms with Gasteiger partial charge in [0.2, 0.25) is 5.91 Å². The minimum absolute atomic E-state index is 0.0964. The van der Waals surface area contributed by atoms with Crippen LogP contribution in [0.5, 0.6) is 0 Å². The van der Waals surface area contributed by atoms with Crippen molar-refractivity contribution in [2.24, 2.45) is 5.92 Å². The van der Waals surface area contributed by atoms with E-state index in [2.05, 4.69) is 35.7 Å². The number of hydrogen-bond donors (Lipinski definition) is 1. The van der Waals surface area contributed by atoms with Gasteiger partial charge >= 0.3 is 0 Å². The maximum Gasteiger partial charge on any atom is 0.226 e. The van der Waals surface area contributed by atoms with E-state index in [0.29, 0.717) is 12.3 Å². The van der Waals surface area contributed by atoms with E-state index in [1.54, 1.807) is 11.3 Å². The number of nitrogens with one attached hydrogen (secondary N) is 1. The predicted molar refractivity (Wildman–Crippen MR) is 76.5 cm³/mol. The maximum atomic E-state index is 11.8. The normalized spacial score (nSPS) is 18.5. The number of fused-ring (bicyclic) bond motifs is 1. The Morgan fingerprint density at radius 3 is 3.11 bits per heavy atom. The molecule has 1 aliphatic heterocycles. The van der Waals surface area contributed by atoms with Gasteiger partial charge in [-0.3, -0.25) is 4.79 Å². The number of nitrogens with zero attached hydrogens (tertiary/aromatic N) is 2. The summed E-state index contributed by atoms with van der Waals surface area (Å²) in [5.41, 5.74) is 1.17. The number of carbonyl (C=O) groups excluding carboxylic acids is 1. The summed E-state index contributed by atoms with van der Waals surface area (Å²) in [5.74, 6) is 1.70. The molecule has 0 saturated heterocycles. The molecule has 1 aliphatic rings. The quantitative estimate of drug-likeness (QED) is 0.935. The molecule has 1 amide bonds. The Morgan fingerprint density at radius 2 is 2.42 bits per heavy atom. The summed E-state index contributed by atoms with van der Waals surface area (Å²) in [7, 11) is 0. The van der Waals surface area contributed by atoms with E-state index in [-0.39, 0.29) is 11.8 Å². The molecule has 0 aromatic carbocycles. The lowest BCUT2D eigenvalue weighted by atomic mass is 9.85. The lowest BCUT2D eigenvalue weighted by Crippen LogP contribution is -2.26. The minimum Gasteiger partial charge on any atom is -0.311 e. The molecule has 0 spiro atoms.